The van der Waals surface area contributed by atoms with Gasteiger partial charge in [-0.1, -0.05) is 84.4 Å². The van der Waals surface area contributed by atoms with Crippen LogP contribution in [0.5, 0.6) is 0 Å². The Morgan fingerprint density at radius 3 is 2.30 bits per heavy atom. The highest BCUT2D eigenvalue weighted by atomic mass is 35.5. The number of fused-ring (bicyclic) bond motifs is 1. The highest BCUT2D eigenvalue weighted by Crippen LogP contribution is 2.59. The highest BCUT2D eigenvalue weighted by molar-refractivity contribution is 6.34. The van der Waals surface area contributed by atoms with Crippen LogP contribution < -0.4 is 9.80 Å². The van der Waals surface area contributed by atoms with Crippen LogP contribution in [0.4, 0.5) is 11.4 Å². The number of anilines is 2. The van der Waals surface area contributed by atoms with E-state index in [1.807, 2.05) is 79.7 Å². The molecule has 1 N–H and O–H groups in total. The predicted octanol–water partition coefficient (Wildman–Crippen LogP) is 5.36. The number of carbonyl (C=O) groups is 3. The Morgan fingerprint density at radius 1 is 1.00 bits per heavy atom. The molecule has 47 heavy (non-hydrogen) atoms. The van der Waals surface area contributed by atoms with Crippen molar-refractivity contribution in [3.05, 3.63) is 120 Å². The van der Waals surface area contributed by atoms with E-state index in [0.717, 1.165) is 11.1 Å². The second kappa shape index (κ2) is 13.5. The van der Waals surface area contributed by atoms with Crippen molar-refractivity contribution in [2.24, 2.45) is 11.8 Å². The number of aryl methyl sites for hydroxylation is 1. The van der Waals surface area contributed by atoms with Crippen molar-refractivity contribution in [2.75, 3.05) is 29.5 Å². The van der Waals surface area contributed by atoms with E-state index in [9.17, 15) is 14.7 Å². The smallest absolute Gasteiger partial charge is 0.253 e. The SMILES string of the molecule is C=CCN(C(=O)[C@@H]1[C@@H]2CCC3(O2)C(C(=O)N(CC=C)c2c(C)cccc2Cl)N([C@@H](CO)Cc2ccccc2)C(=O)[C@H]13)c1ccccc1. The molecule has 8 nitrogen and oxygen atoms in total. The summed E-state index contributed by atoms with van der Waals surface area (Å²) < 4.78 is 6.76. The summed E-state index contributed by atoms with van der Waals surface area (Å²) in [4.78, 5) is 49.2. The fourth-order valence-corrected chi connectivity index (χ4v) is 8.28. The van der Waals surface area contributed by atoms with Gasteiger partial charge in [0.1, 0.15) is 11.6 Å². The quantitative estimate of drug-likeness (QED) is 0.266. The lowest BCUT2D eigenvalue weighted by Crippen LogP contribution is -2.59. The van der Waals surface area contributed by atoms with Crippen LogP contribution in [0.1, 0.15) is 24.0 Å². The van der Waals surface area contributed by atoms with Crippen LogP contribution in [0.3, 0.4) is 0 Å². The van der Waals surface area contributed by atoms with Gasteiger partial charge in [-0.2, -0.15) is 0 Å². The summed E-state index contributed by atoms with van der Waals surface area (Å²) in [6, 6.07) is 22.4. The van der Waals surface area contributed by atoms with Crippen LogP contribution in [0.2, 0.25) is 5.02 Å². The van der Waals surface area contributed by atoms with Crippen molar-refractivity contribution in [3.8, 4) is 0 Å². The molecule has 3 aliphatic heterocycles. The number of halogens is 1. The summed E-state index contributed by atoms with van der Waals surface area (Å²) in [5.41, 5.74) is 1.63. The molecule has 2 bridgehead atoms. The second-order valence-electron chi connectivity index (χ2n) is 12.5. The van der Waals surface area contributed by atoms with Crippen molar-refractivity contribution in [3.63, 3.8) is 0 Å². The monoisotopic (exact) mass is 653 g/mol. The zero-order valence-corrected chi connectivity index (χ0v) is 27.3. The molecule has 1 spiro atoms. The number of carbonyl (C=O) groups excluding carboxylic acids is 3. The van der Waals surface area contributed by atoms with E-state index >= 15 is 4.79 Å². The lowest BCUT2D eigenvalue weighted by molar-refractivity contribution is -0.144. The number of para-hydroxylation sites is 2. The molecule has 3 amide bonds. The normalized spacial score (nSPS) is 24.9. The third-order valence-electron chi connectivity index (χ3n) is 9.86. The number of likely N-dealkylation sites (tertiary alicyclic amines) is 1. The van der Waals surface area contributed by atoms with Crippen LogP contribution in [0.25, 0.3) is 0 Å². The Morgan fingerprint density at radius 2 is 1.66 bits per heavy atom. The molecule has 0 aromatic heterocycles. The minimum absolute atomic E-state index is 0.137. The average Bonchev–Trinajstić information content (AvgIpc) is 3.73. The van der Waals surface area contributed by atoms with Gasteiger partial charge in [-0.3, -0.25) is 14.4 Å². The molecule has 2 unspecified atom stereocenters. The van der Waals surface area contributed by atoms with Gasteiger partial charge in [-0.15, -0.1) is 13.2 Å². The van der Waals surface area contributed by atoms with E-state index in [1.165, 1.54) is 4.90 Å². The number of nitrogens with zero attached hydrogens (tertiary/aromatic N) is 3. The third kappa shape index (κ3) is 5.58. The third-order valence-corrected chi connectivity index (χ3v) is 10.2. The van der Waals surface area contributed by atoms with Crippen molar-refractivity contribution in [1.29, 1.82) is 0 Å². The molecule has 3 aromatic carbocycles. The summed E-state index contributed by atoms with van der Waals surface area (Å²) in [7, 11) is 0. The Bertz CT molecular complexity index is 1650. The van der Waals surface area contributed by atoms with Gasteiger partial charge in [0, 0.05) is 18.8 Å². The molecule has 3 aliphatic rings. The van der Waals surface area contributed by atoms with Gasteiger partial charge in [0.05, 0.1) is 41.3 Å². The summed E-state index contributed by atoms with van der Waals surface area (Å²) >= 11 is 6.71. The number of ether oxygens (including phenoxy) is 1. The maximum Gasteiger partial charge on any atom is 0.253 e. The highest BCUT2D eigenvalue weighted by Gasteiger charge is 2.75. The first kappa shape index (κ1) is 32.7. The van der Waals surface area contributed by atoms with E-state index in [1.54, 1.807) is 28.0 Å². The number of amides is 3. The molecule has 9 heteroatoms. The molecule has 6 rings (SSSR count). The van der Waals surface area contributed by atoms with Crippen molar-refractivity contribution < 1.29 is 24.2 Å². The zero-order valence-electron chi connectivity index (χ0n) is 26.5. The summed E-state index contributed by atoms with van der Waals surface area (Å²) in [5, 5.41) is 11.2. The van der Waals surface area contributed by atoms with Crippen molar-refractivity contribution in [1.82, 2.24) is 4.90 Å². The summed E-state index contributed by atoms with van der Waals surface area (Å²) in [5.74, 6) is -2.73. The van der Waals surface area contributed by atoms with Crippen molar-refractivity contribution in [2.45, 2.75) is 50.0 Å². The van der Waals surface area contributed by atoms with Gasteiger partial charge in [-0.25, -0.2) is 0 Å². The first-order chi connectivity index (χ1) is 22.8. The Hall–Kier alpha value is -4.24. The molecule has 3 fully saturated rings. The van der Waals surface area contributed by atoms with Crippen LogP contribution in [0.15, 0.2) is 104 Å². The first-order valence-electron chi connectivity index (χ1n) is 16.1. The summed E-state index contributed by atoms with van der Waals surface area (Å²) in [6.45, 7) is 9.65. The van der Waals surface area contributed by atoms with Crippen LogP contribution in [0, 0.1) is 18.8 Å². The van der Waals surface area contributed by atoms with Crippen LogP contribution >= 0.6 is 11.6 Å². The van der Waals surface area contributed by atoms with Crippen molar-refractivity contribution >= 4 is 40.7 Å². The van der Waals surface area contributed by atoms with E-state index in [-0.39, 0.29) is 37.4 Å². The van der Waals surface area contributed by atoms with Crippen LogP contribution in [-0.2, 0) is 25.5 Å². The molecule has 0 saturated carbocycles. The number of rotatable bonds is 12. The topological polar surface area (TPSA) is 90.4 Å². The number of benzene rings is 3. The standard InChI is InChI=1S/C38H40ClN3O5/c1-4-21-40(27-16-10-7-11-17-27)35(44)31-30-19-20-38(47-30)32(31)36(45)42(28(24-43)23-26-14-8-6-9-15-26)34(38)37(46)41(22-5-2)33-25(3)13-12-18-29(33)39/h4-18,28,30-32,34,43H,1-2,19-24H2,3H3/t28-,30+,31-,32+,34?,38?/m1/s1. The number of aliphatic hydroxyl groups is 1. The Balaban J connectivity index is 1.47. The second-order valence-corrected chi connectivity index (χ2v) is 13.0. The van der Waals surface area contributed by atoms with Gasteiger partial charge < -0.3 is 24.5 Å². The molecule has 3 aromatic rings. The number of hydrogen-bond donors (Lipinski definition) is 1. The van der Waals surface area contributed by atoms with Gasteiger partial charge in [-0.05, 0) is 55.5 Å². The number of aliphatic hydroxyl groups excluding tert-OH is 1. The minimum Gasteiger partial charge on any atom is -0.394 e. The van der Waals surface area contributed by atoms with Gasteiger partial charge in [0.2, 0.25) is 11.8 Å². The predicted molar refractivity (Wildman–Crippen MR) is 183 cm³/mol. The molecule has 0 radical (unpaired) electrons. The molecular formula is C38H40ClN3O5. The fraction of sp³-hybridized carbons (Fsp3) is 0.342. The zero-order chi connectivity index (χ0) is 33.3. The number of hydrogen-bond acceptors (Lipinski definition) is 5. The maximum absolute atomic E-state index is 15.1. The average molecular weight is 654 g/mol. The molecule has 0 aliphatic carbocycles. The Labute approximate surface area is 280 Å². The van der Waals surface area contributed by atoms with E-state index in [0.29, 0.717) is 35.7 Å². The first-order valence-corrected chi connectivity index (χ1v) is 16.4. The van der Waals surface area contributed by atoms with Gasteiger partial charge in [0.25, 0.3) is 5.91 Å². The lowest BCUT2D eigenvalue weighted by Gasteiger charge is -2.39. The van der Waals surface area contributed by atoms with Gasteiger partial charge >= 0.3 is 0 Å². The molecule has 3 heterocycles. The minimum atomic E-state index is -1.27. The molecule has 3 saturated heterocycles. The molecule has 244 valence electrons. The largest absolute Gasteiger partial charge is 0.394 e. The lowest BCUT2D eigenvalue weighted by atomic mass is 9.70. The van der Waals surface area contributed by atoms with E-state index < -0.39 is 35.6 Å². The van der Waals surface area contributed by atoms with Crippen LogP contribution in [-0.4, -0.2) is 71.2 Å². The fourth-order valence-electron chi connectivity index (χ4n) is 7.96. The maximum atomic E-state index is 15.1. The van der Waals surface area contributed by atoms with E-state index in [4.69, 9.17) is 16.3 Å². The molecule has 6 atom stereocenters. The van der Waals surface area contributed by atoms with E-state index in [2.05, 4.69) is 13.2 Å². The van der Waals surface area contributed by atoms with Gasteiger partial charge in [0.15, 0.2) is 0 Å². The molecular weight excluding hydrogens is 614 g/mol. The Kier molecular flexibility index (Phi) is 9.37. The summed E-state index contributed by atoms with van der Waals surface area (Å²) in [6.07, 6.45) is 3.99.